The molecule has 0 aromatic heterocycles. The summed E-state index contributed by atoms with van der Waals surface area (Å²) in [5.41, 5.74) is 0. The molecule has 0 amide bonds. The quantitative estimate of drug-likeness (QED) is 0.0332. The Hall–Kier alpha value is 0.820. The second-order valence-corrected chi connectivity index (χ2v) is 13.5. The van der Waals surface area contributed by atoms with Crippen LogP contribution in [0.4, 0.5) is 0 Å². The minimum atomic E-state index is 0.321. The smallest absolute Gasteiger partial charge is 0.149 e. The normalized spacial score (nSPS) is 15.9. The van der Waals surface area contributed by atoms with Crippen molar-refractivity contribution in [1.82, 2.24) is 0 Å². The number of hydrogen-bond donors (Lipinski definition) is 0. The summed E-state index contributed by atoms with van der Waals surface area (Å²) in [7, 11) is 0. The number of hydrogen-bond acceptors (Lipinski definition) is 3. The average Bonchev–Trinajstić information content (AvgIpc) is 2.78. The van der Waals surface area contributed by atoms with Crippen LogP contribution in [0.2, 0.25) is 0 Å². The fourth-order valence-corrected chi connectivity index (χ4v) is 4.24. The predicted octanol–water partition coefficient (Wildman–Crippen LogP) is 9.66. The van der Waals surface area contributed by atoms with Crippen molar-refractivity contribution in [1.29, 1.82) is 0 Å². The third-order valence-electron chi connectivity index (χ3n) is 5.73. The first-order valence-electron chi connectivity index (χ1n) is 13.3. The van der Waals surface area contributed by atoms with E-state index in [9.17, 15) is 0 Å². The van der Waals surface area contributed by atoms with Crippen LogP contribution in [0.5, 0.6) is 0 Å². The summed E-state index contributed by atoms with van der Waals surface area (Å²) in [6.45, 7) is 11.2. The molecular formula is C28H52I2O3. The monoisotopic (exact) mass is 690 g/mol. The van der Waals surface area contributed by atoms with E-state index in [1.54, 1.807) is 0 Å². The van der Waals surface area contributed by atoms with Crippen LogP contribution >= 0.6 is 45.2 Å². The molecule has 0 spiro atoms. The Morgan fingerprint density at radius 3 is 1.39 bits per heavy atom. The Balaban J connectivity index is 3.96. The molecule has 0 aliphatic heterocycles. The fourth-order valence-electron chi connectivity index (χ4n) is 3.52. The van der Waals surface area contributed by atoms with Gasteiger partial charge in [0.2, 0.25) is 0 Å². The molecule has 196 valence electrons. The molecule has 4 unspecified atom stereocenters. The highest BCUT2D eigenvalue weighted by Crippen LogP contribution is 2.20. The van der Waals surface area contributed by atoms with Gasteiger partial charge in [0.25, 0.3) is 0 Å². The number of alkyl halides is 2. The van der Waals surface area contributed by atoms with Gasteiger partial charge in [0, 0.05) is 21.1 Å². The molecule has 0 aromatic rings. The molecule has 0 N–H and O–H groups in total. The van der Waals surface area contributed by atoms with Gasteiger partial charge in [0.15, 0.2) is 0 Å². The summed E-state index contributed by atoms with van der Waals surface area (Å²) >= 11 is 5.04. The maximum absolute atomic E-state index is 5.72. The summed E-state index contributed by atoms with van der Waals surface area (Å²) < 4.78 is 18.4. The molecule has 4 atom stereocenters. The number of halogens is 2. The Bertz CT molecular complexity index is 412. The predicted molar refractivity (Wildman–Crippen MR) is 162 cm³/mol. The van der Waals surface area contributed by atoms with Gasteiger partial charge in [0.05, 0.1) is 0 Å². The van der Waals surface area contributed by atoms with Crippen LogP contribution in [-0.4, -0.2) is 34.6 Å². The van der Waals surface area contributed by atoms with Gasteiger partial charge in [-0.3, -0.25) is 0 Å². The third kappa shape index (κ3) is 25.7. The van der Waals surface area contributed by atoms with Crippen molar-refractivity contribution in [3.8, 4) is 0 Å². The SMILES string of the molecule is CCCCC=CC(CCOCOCOCCC(C=CCCCC)CCC(C)I)CCC(C)I. The van der Waals surface area contributed by atoms with E-state index in [-0.39, 0.29) is 0 Å². The topological polar surface area (TPSA) is 27.7 Å². The van der Waals surface area contributed by atoms with Crippen LogP contribution in [0.25, 0.3) is 0 Å². The molecule has 5 heteroatoms. The number of unbranched alkanes of at least 4 members (excludes halogenated alkanes) is 4. The molecule has 0 fully saturated rings. The number of rotatable bonds is 24. The van der Waals surface area contributed by atoms with Crippen molar-refractivity contribution in [3.05, 3.63) is 24.3 Å². The lowest BCUT2D eigenvalue weighted by Gasteiger charge is -2.15. The van der Waals surface area contributed by atoms with Crippen molar-refractivity contribution in [2.24, 2.45) is 11.8 Å². The van der Waals surface area contributed by atoms with Gasteiger partial charge < -0.3 is 14.2 Å². The van der Waals surface area contributed by atoms with Gasteiger partial charge in [-0.2, -0.15) is 0 Å². The summed E-state index contributed by atoms with van der Waals surface area (Å²) in [5.74, 6) is 1.23. The fraction of sp³-hybridized carbons (Fsp3) is 0.857. The first-order chi connectivity index (χ1) is 16.0. The second kappa shape index (κ2) is 25.9. The zero-order chi connectivity index (χ0) is 24.6. The van der Waals surface area contributed by atoms with Crippen molar-refractivity contribution in [2.45, 2.75) is 113 Å². The summed E-state index contributed by atoms with van der Waals surface area (Å²) in [4.78, 5) is 0. The van der Waals surface area contributed by atoms with E-state index in [0.29, 0.717) is 25.4 Å². The molecule has 0 radical (unpaired) electrons. The highest BCUT2D eigenvalue weighted by atomic mass is 127. The first-order valence-corrected chi connectivity index (χ1v) is 15.8. The first kappa shape index (κ1) is 33.8. The molecule has 0 saturated carbocycles. The van der Waals surface area contributed by atoms with Crippen molar-refractivity contribution >= 4 is 45.2 Å². The van der Waals surface area contributed by atoms with Gasteiger partial charge in [-0.15, -0.1) is 0 Å². The van der Waals surface area contributed by atoms with Gasteiger partial charge in [-0.25, -0.2) is 0 Å². The van der Waals surface area contributed by atoms with Gasteiger partial charge in [0.1, 0.15) is 13.6 Å². The summed E-state index contributed by atoms with van der Waals surface area (Å²) in [6.07, 6.45) is 24.2. The number of ether oxygens (including phenoxy) is 3. The standard InChI is InChI=1S/C28H52I2O3/c1-5-7-9-11-13-27(17-15-25(3)29)19-21-31-23-33-24-32-22-20-28(18-16-26(4)30)14-12-10-8-6-2/h11-14,25-28H,5-10,15-24H2,1-4H3. The van der Waals surface area contributed by atoms with E-state index in [2.05, 4.69) is 97.2 Å². The van der Waals surface area contributed by atoms with E-state index in [1.165, 1.54) is 64.2 Å². The van der Waals surface area contributed by atoms with E-state index in [1.807, 2.05) is 0 Å². The molecular weight excluding hydrogens is 638 g/mol. The molecule has 3 nitrogen and oxygen atoms in total. The van der Waals surface area contributed by atoms with Crippen molar-refractivity contribution in [2.75, 3.05) is 26.8 Å². The van der Waals surface area contributed by atoms with Crippen LogP contribution in [0.3, 0.4) is 0 Å². The lowest BCUT2D eigenvalue weighted by Crippen LogP contribution is -2.10. The minimum absolute atomic E-state index is 0.321. The molecule has 0 bridgehead atoms. The van der Waals surface area contributed by atoms with Crippen molar-refractivity contribution < 1.29 is 14.2 Å². The summed E-state index contributed by atoms with van der Waals surface area (Å²) in [5, 5.41) is 0. The van der Waals surface area contributed by atoms with Crippen LogP contribution in [0.15, 0.2) is 24.3 Å². The second-order valence-electron chi connectivity index (χ2n) is 9.21. The molecule has 0 aliphatic carbocycles. The Morgan fingerprint density at radius 1 is 0.606 bits per heavy atom. The molecule has 0 rings (SSSR count). The molecule has 0 saturated heterocycles. The van der Waals surface area contributed by atoms with Gasteiger partial charge >= 0.3 is 0 Å². The third-order valence-corrected chi connectivity index (χ3v) is 6.98. The molecule has 0 heterocycles. The minimum Gasteiger partial charge on any atom is -0.355 e. The summed E-state index contributed by atoms with van der Waals surface area (Å²) in [6, 6.07) is 0. The largest absolute Gasteiger partial charge is 0.355 e. The van der Waals surface area contributed by atoms with E-state index < -0.39 is 0 Å². The zero-order valence-corrected chi connectivity index (χ0v) is 26.2. The van der Waals surface area contributed by atoms with Crippen molar-refractivity contribution in [3.63, 3.8) is 0 Å². The van der Waals surface area contributed by atoms with Gasteiger partial charge in [-0.05, 0) is 63.2 Å². The van der Waals surface area contributed by atoms with Gasteiger partial charge in [-0.1, -0.05) is 123 Å². The molecule has 33 heavy (non-hydrogen) atoms. The lowest BCUT2D eigenvalue weighted by molar-refractivity contribution is -0.132. The molecule has 0 aromatic carbocycles. The van der Waals surface area contributed by atoms with Crippen LogP contribution in [-0.2, 0) is 14.2 Å². The molecule has 0 aliphatic rings. The number of allylic oxidation sites excluding steroid dienone is 4. The lowest BCUT2D eigenvalue weighted by atomic mass is 9.98. The van der Waals surface area contributed by atoms with E-state index in [0.717, 1.165) is 33.9 Å². The highest BCUT2D eigenvalue weighted by molar-refractivity contribution is 14.1. The maximum Gasteiger partial charge on any atom is 0.149 e. The average molecular weight is 691 g/mol. The van der Waals surface area contributed by atoms with Crippen LogP contribution in [0, 0.1) is 11.8 Å². The Labute approximate surface area is 233 Å². The van der Waals surface area contributed by atoms with E-state index in [4.69, 9.17) is 14.2 Å². The van der Waals surface area contributed by atoms with E-state index >= 15 is 0 Å². The highest BCUT2D eigenvalue weighted by Gasteiger charge is 2.08. The maximum atomic E-state index is 5.72. The van der Waals surface area contributed by atoms with Crippen LogP contribution < -0.4 is 0 Å². The zero-order valence-electron chi connectivity index (χ0n) is 21.9. The Kier molecular flexibility index (Phi) is 26.5. The van der Waals surface area contributed by atoms with Crippen LogP contribution in [0.1, 0.15) is 105 Å². The Morgan fingerprint density at radius 2 is 1.03 bits per heavy atom.